The first kappa shape index (κ1) is 15.4. The van der Waals surface area contributed by atoms with Gasteiger partial charge in [0.2, 0.25) is 0 Å². The molecule has 0 saturated heterocycles. The summed E-state index contributed by atoms with van der Waals surface area (Å²) < 4.78 is 10.1. The molecule has 1 rings (SSSR count). The van der Waals surface area contributed by atoms with Gasteiger partial charge in [0.15, 0.2) is 0 Å². The lowest BCUT2D eigenvalue weighted by Gasteiger charge is -2.13. The summed E-state index contributed by atoms with van der Waals surface area (Å²) in [6, 6.07) is 5.05. The molecule has 1 aromatic rings. The summed E-state index contributed by atoms with van der Waals surface area (Å²) in [5.74, 6) is 0.496. The highest BCUT2D eigenvalue weighted by atomic mass is 16.6. The van der Waals surface area contributed by atoms with Gasteiger partial charge in [-0.25, -0.2) is 0 Å². The number of benzene rings is 1. The average Bonchev–Trinajstić information content (AvgIpc) is 2.42. The third-order valence-electron chi connectivity index (χ3n) is 2.81. The standard InChI is InChI=1S/C13H20N2O4/c1-10(4-5-18-2)14-9-11-6-12(15(16)17)8-13(7-11)19-3/h6-8,10,14H,4-5,9H2,1-3H3. The summed E-state index contributed by atoms with van der Waals surface area (Å²) in [4.78, 5) is 10.4. The van der Waals surface area contributed by atoms with Gasteiger partial charge in [0.05, 0.1) is 18.1 Å². The van der Waals surface area contributed by atoms with E-state index in [1.165, 1.54) is 13.2 Å². The molecule has 1 N–H and O–H groups in total. The molecule has 1 unspecified atom stereocenters. The Morgan fingerprint density at radius 3 is 2.68 bits per heavy atom. The highest BCUT2D eigenvalue weighted by Crippen LogP contribution is 2.22. The molecule has 0 bridgehead atoms. The third-order valence-corrected chi connectivity index (χ3v) is 2.81. The van der Waals surface area contributed by atoms with Crippen molar-refractivity contribution in [3.63, 3.8) is 0 Å². The zero-order valence-electron chi connectivity index (χ0n) is 11.5. The van der Waals surface area contributed by atoms with Gasteiger partial charge in [0, 0.05) is 32.4 Å². The molecule has 0 spiro atoms. The van der Waals surface area contributed by atoms with Crippen molar-refractivity contribution in [1.82, 2.24) is 5.32 Å². The van der Waals surface area contributed by atoms with E-state index in [1.54, 1.807) is 19.2 Å². The monoisotopic (exact) mass is 268 g/mol. The quantitative estimate of drug-likeness (QED) is 0.577. The second kappa shape index (κ2) is 7.70. The van der Waals surface area contributed by atoms with E-state index >= 15 is 0 Å². The van der Waals surface area contributed by atoms with E-state index < -0.39 is 4.92 Å². The first-order valence-electron chi connectivity index (χ1n) is 6.11. The minimum absolute atomic E-state index is 0.0423. The zero-order valence-corrected chi connectivity index (χ0v) is 11.5. The Hall–Kier alpha value is -1.66. The SMILES string of the molecule is COCCC(C)NCc1cc(OC)cc([N+](=O)[O-])c1. The van der Waals surface area contributed by atoms with E-state index in [0.717, 1.165) is 12.0 Å². The molecule has 0 aliphatic carbocycles. The Morgan fingerprint density at radius 2 is 2.11 bits per heavy atom. The van der Waals surface area contributed by atoms with Gasteiger partial charge in [0.1, 0.15) is 5.75 Å². The van der Waals surface area contributed by atoms with Gasteiger partial charge in [-0.15, -0.1) is 0 Å². The summed E-state index contributed by atoms with van der Waals surface area (Å²) in [5, 5.41) is 14.1. The fourth-order valence-corrected chi connectivity index (χ4v) is 1.66. The molecular weight excluding hydrogens is 248 g/mol. The number of nitro groups is 1. The van der Waals surface area contributed by atoms with E-state index in [4.69, 9.17) is 9.47 Å². The fourth-order valence-electron chi connectivity index (χ4n) is 1.66. The summed E-state index contributed by atoms with van der Waals surface area (Å²) in [7, 11) is 3.16. The van der Waals surface area contributed by atoms with E-state index in [2.05, 4.69) is 5.32 Å². The normalized spacial score (nSPS) is 12.2. The molecule has 19 heavy (non-hydrogen) atoms. The molecule has 0 amide bonds. The largest absolute Gasteiger partial charge is 0.496 e. The van der Waals surface area contributed by atoms with Gasteiger partial charge < -0.3 is 14.8 Å². The maximum absolute atomic E-state index is 10.8. The van der Waals surface area contributed by atoms with Crippen molar-refractivity contribution in [2.45, 2.75) is 25.9 Å². The Labute approximate surface area is 112 Å². The van der Waals surface area contributed by atoms with Crippen LogP contribution in [-0.2, 0) is 11.3 Å². The first-order valence-corrected chi connectivity index (χ1v) is 6.11. The predicted octanol–water partition coefficient (Wildman–Crippen LogP) is 2.12. The van der Waals surface area contributed by atoms with Crippen LogP contribution in [0.5, 0.6) is 5.75 Å². The Bertz CT molecular complexity index is 423. The van der Waals surface area contributed by atoms with Crippen molar-refractivity contribution in [1.29, 1.82) is 0 Å². The molecule has 0 heterocycles. The molecular formula is C13H20N2O4. The van der Waals surface area contributed by atoms with E-state index in [-0.39, 0.29) is 11.7 Å². The van der Waals surface area contributed by atoms with Crippen LogP contribution in [0.3, 0.4) is 0 Å². The van der Waals surface area contributed by atoms with Gasteiger partial charge >= 0.3 is 0 Å². The smallest absolute Gasteiger partial charge is 0.273 e. The van der Waals surface area contributed by atoms with Gasteiger partial charge in [0.25, 0.3) is 5.69 Å². The van der Waals surface area contributed by atoms with Crippen molar-refractivity contribution in [3.05, 3.63) is 33.9 Å². The molecule has 1 aromatic carbocycles. The summed E-state index contributed by atoms with van der Waals surface area (Å²) in [6.07, 6.45) is 0.891. The van der Waals surface area contributed by atoms with Crippen LogP contribution in [0.15, 0.2) is 18.2 Å². The summed E-state index contributed by atoms with van der Waals surface area (Å²) in [5.41, 5.74) is 0.871. The molecule has 0 aromatic heterocycles. The number of nitrogens with one attached hydrogen (secondary N) is 1. The summed E-state index contributed by atoms with van der Waals surface area (Å²) in [6.45, 7) is 3.29. The maximum atomic E-state index is 10.8. The number of nitro benzene ring substituents is 1. The average molecular weight is 268 g/mol. The van der Waals surface area contributed by atoms with Gasteiger partial charge in [-0.3, -0.25) is 10.1 Å². The van der Waals surface area contributed by atoms with Crippen LogP contribution in [0.1, 0.15) is 18.9 Å². The van der Waals surface area contributed by atoms with E-state index in [0.29, 0.717) is 18.9 Å². The van der Waals surface area contributed by atoms with E-state index in [9.17, 15) is 10.1 Å². The Balaban J connectivity index is 2.66. The topological polar surface area (TPSA) is 73.6 Å². The van der Waals surface area contributed by atoms with Crippen molar-refractivity contribution >= 4 is 5.69 Å². The van der Waals surface area contributed by atoms with Crippen molar-refractivity contribution in [2.75, 3.05) is 20.8 Å². The number of ether oxygens (including phenoxy) is 2. The van der Waals surface area contributed by atoms with Gasteiger partial charge in [-0.05, 0) is 25.0 Å². The van der Waals surface area contributed by atoms with E-state index in [1.807, 2.05) is 6.92 Å². The summed E-state index contributed by atoms with van der Waals surface area (Å²) >= 11 is 0. The van der Waals surface area contributed by atoms with Crippen LogP contribution in [0.2, 0.25) is 0 Å². The highest BCUT2D eigenvalue weighted by Gasteiger charge is 2.10. The number of methoxy groups -OCH3 is 2. The van der Waals surface area contributed by atoms with Gasteiger partial charge in [-0.2, -0.15) is 0 Å². The van der Waals surface area contributed by atoms with Crippen LogP contribution < -0.4 is 10.1 Å². The predicted molar refractivity (Wildman–Crippen MR) is 72.4 cm³/mol. The van der Waals surface area contributed by atoms with Crippen LogP contribution in [-0.4, -0.2) is 31.8 Å². The zero-order chi connectivity index (χ0) is 14.3. The van der Waals surface area contributed by atoms with Crippen LogP contribution in [0, 0.1) is 10.1 Å². The molecule has 0 aliphatic heterocycles. The molecule has 0 aliphatic rings. The fraction of sp³-hybridized carbons (Fsp3) is 0.538. The number of rotatable bonds is 8. The number of nitrogens with zero attached hydrogens (tertiary/aromatic N) is 1. The van der Waals surface area contributed by atoms with Crippen LogP contribution >= 0.6 is 0 Å². The number of hydrogen-bond acceptors (Lipinski definition) is 5. The first-order chi connectivity index (χ1) is 9.06. The molecule has 6 heteroatoms. The Morgan fingerprint density at radius 1 is 1.37 bits per heavy atom. The van der Waals surface area contributed by atoms with Gasteiger partial charge in [-0.1, -0.05) is 0 Å². The second-order valence-electron chi connectivity index (χ2n) is 4.36. The molecule has 106 valence electrons. The van der Waals surface area contributed by atoms with Crippen molar-refractivity contribution in [2.24, 2.45) is 0 Å². The third kappa shape index (κ3) is 5.23. The lowest BCUT2D eigenvalue weighted by Crippen LogP contribution is -2.26. The molecule has 6 nitrogen and oxygen atoms in total. The van der Waals surface area contributed by atoms with Crippen LogP contribution in [0.4, 0.5) is 5.69 Å². The Kier molecular flexibility index (Phi) is 6.24. The lowest BCUT2D eigenvalue weighted by atomic mass is 10.1. The van der Waals surface area contributed by atoms with Crippen LogP contribution in [0.25, 0.3) is 0 Å². The van der Waals surface area contributed by atoms with Crippen molar-refractivity contribution in [3.8, 4) is 5.75 Å². The number of hydrogen-bond donors (Lipinski definition) is 1. The molecule has 0 fully saturated rings. The minimum atomic E-state index is -0.416. The molecule has 0 radical (unpaired) electrons. The molecule has 1 atom stereocenters. The minimum Gasteiger partial charge on any atom is -0.496 e. The highest BCUT2D eigenvalue weighted by molar-refractivity contribution is 5.42. The van der Waals surface area contributed by atoms with Crippen molar-refractivity contribution < 1.29 is 14.4 Å². The number of non-ortho nitro benzene ring substituents is 1. The maximum Gasteiger partial charge on any atom is 0.273 e. The second-order valence-corrected chi connectivity index (χ2v) is 4.36. The molecule has 0 saturated carbocycles. The lowest BCUT2D eigenvalue weighted by molar-refractivity contribution is -0.385.